The van der Waals surface area contributed by atoms with E-state index in [2.05, 4.69) is 5.32 Å². The van der Waals surface area contributed by atoms with E-state index >= 15 is 0 Å². The molecule has 1 amide bonds. The average Bonchev–Trinajstić information content (AvgIpc) is 3.01. The third-order valence-electron chi connectivity index (χ3n) is 3.27. The highest BCUT2D eigenvalue weighted by molar-refractivity contribution is 6.02. The highest BCUT2D eigenvalue weighted by atomic mass is 16.7. The first-order chi connectivity index (χ1) is 11.2. The molecular formula is C17H15NO5. The zero-order chi connectivity index (χ0) is 16.2. The van der Waals surface area contributed by atoms with Gasteiger partial charge in [0.05, 0.1) is 7.11 Å². The van der Waals surface area contributed by atoms with Gasteiger partial charge in [0, 0.05) is 17.8 Å². The van der Waals surface area contributed by atoms with Gasteiger partial charge >= 0.3 is 0 Å². The van der Waals surface area contributed by atoms with E-state index in [9.17, 15) is 9.90 Å². The summed E-state index contributed by atoms with van der Waals surface area (Å²) in [6.45, 7) is 0.188. The molecule has 0 fully saturated rings. The molecular weight excluding hydrogens is 298 g/mol. The number of aromatic hydroxyl groups is 1. The Morgan fingerprint density at radius 1 is 1.22 bits per heavy atom. The number of benzene rings is 2. The van der Waals surface area contributed by atoms with Crippen LogP contribution >= 0.6 is 0 Å². The molecule has 2 aromatic carbocycles. The van der Waals surface area contributed by atoms with Crippen molar-refractivity contribution >= 4 is 17.7 Å². The summed E-state index contributed by atoms with van der Waals surface area (Å²) in [5, 5.41) is 12.4. The van der Waals surface area contributed by atoms with Crippen molar-refractivity contribution < 1.29 is 24.1 Å². The number of rotatable bonds is 4. The summed E-state index contributed by atoms with van der Waals surface area (Å²) in [7, 11) is 1.48. The monoisotopic (exact) mass is 313 g/mol. The first-order valence-corrected chi connectivity index (χ1v) is 6.91. The van der Waals surface area contributed by atoms with E-state index in [0.717, 1.165) is 0 Å². The van der Waals surface area contributed by atoms with Gasteiger partial charge < -0.3 is 24.6 Å². The number of phenolic OH excluding ortho intramolecular Hbond substituents is 1. The molecule has 1 heterocycles. The Labute approximate surface area is 132 Å². The average molecular weight is 313 g/mol. The van der Waals surface area contributed by atoms with E-state index in [-0.39, 0.29) is 18.4 Å². The SMILES string of the molecule is COc1ccc(/C=C/C(=O)Nc2ccc3c(c2)OCO3)cc1O. The number of hydrogen-bond donors (Lipinski definition) is 2. The second kappa shape index (κ2) is 6.31. The fraction of sp³-hybridized carbons (Fsp3) is 0.118. The molecule has 2 N–H and O–H groups in total. The van der Waals surface area contributed by atoms with Gasteiger partial charge in [-0.05, 0) is 35.9 Å². The summed E-state index contributed by atoms with van der Waals surface area (Å²) in [5.41, 5.74) is 1.30. The molecule has 1 aliphatic heterocycles. The highest BCUT2D eigenvalue weighted by Crippen LogP contribution is 2.34. The topological polar surface area (TPSA) is 77.0 Å². The van der Waals surface area contributed by atoms with E-state index in [1.54, 1.807) is 36.4 Å². The summed E-state index contributed by atoms with van der Waals surface area (Å²) in [4.78, 5) is 11.9. The first-order valence-electron chi connectivity index (χ1n) is 6.91. The molecule has 6 nitrogen and oxygen atoms in total. The van der Waals surface area contributed by atoms with Crippen molar-refractivity contribution in [3.63, 3.8) is 0 Å². The third kappa shape index (κ3) is 3.37. The summed E-state index contributed by atoms with van der Waals surface area (Å²) in [6, 6.07) is 10.1. The molecule has 0 aliphatic carbocycles. The van der Waals surface area contributed by atoms with Crippen molar-refractivity contribution in [3.8, 4) is 23.0 Å². The van der Waals surface area contributed by atoms with Crippen LogP contribution in [0.3, 0.4) is 0 Å². The molecule has 6 heteroatoms. The second-order valence-electron chi connectivity index (χ2n) is 4.82. The fourth-order valence-corrected chi connectivity index (χ4v) is 2.14. The molecule has 0 bridgehead atoms. The van der Waals surface area contributed by atoms with Crippen LogP contribution in [0, 0.1) is 0 Å². The predicted octanol–water partition coefficient (Wildman–Crippen LogP) is 2.78. The molecule has 0 unspecified atom stereocenters. The normalized spacial score (nSPS) is 12.4. The molecule has 3 rings (SSSR count). The van der Waals surface area contributed by atoms with Gasteiger partial charge in [-0.3, -0.25) is 4.79 Å². The van der Waals surface area contributed by atoms with Gasteiger partial charge in [0.25, 0.3) is 0 Å². The van der Waals surface area contributed by atoms with Crippen LogP contribution in [0.1, 0.15) is 5.56 Å². The van der Waals surface area contributed by atoms with Crippen LogP contribution in [0.2, 0.25) is 0 Å². The number of methoxy groups -OCH3 is 1. The maximum absolute atomic E-state index is 11.9. The molecule has 118 valence electrons. The lowest BCUT2D eigenvalue weighted by atomic mass is 10.2. The minimum absolute atomic E-state index is 0.0193. The minimum Gasteiger partial charge on any atom is -0.504 e. The fourth-order valence-electron chi connectivity index (χ4n) is 2.14. The number of fused-ring (bicyclic) bond motifs is 1. The molecule has 0 atom stereocenters. The first kappa shape index (κ1) is 14.8. The highest BCUT2D eigenvalue weighted by Gasteiger charge is 2.13. The van der Waals surface area contributed by atoms with Crippen molar-refractivity contribution in [3.05, 3.63) is 48.0 Å². The van der Waals surface area contributed by atoms with Crippen LogP contribution in [-0.4, -0.2) is 24.9 Å². The van der Waals surface area contributed by atoms with E-state index in [0.29, 0.717) is 28.5 Å². The van der Waals surface area contributed by atoms with Gasteiger partial charge in [-0.1, -0.05) is 6.07 Å². The van der Waals surface area contributed by atoms with E-state index in [4.69, 9.17) is 14.2 Å². The summed E-state index contributed by atoms with van der Waals surface area (Å²) in [5.74, 6) is 1.37. The molecule has 0 spiro atoms. The van der Waals surface area contributed by atoms with Crippen LogP contribution in [0.25, 0.3) is 6.08 Å². The zero-order valence-electron chi connectivity index (χ0n) is 12.4. The number of amides is 1. The summed E-state index contributed by atoms with van der Waals surface area (Å²) < 4.78 is 15.4. The number of anilines is 1. The Morgan fingerprint density at radius 2 is 2.04 bits per heavy atom. The Bertz CT molecular complexity index is 770. The number of hydrogen-bond acceptors (Lipinski definition) is 5. The zero-order valence-corrected chi connectivity index (χ0v) is 12.4. The molecule has 0 saturated carbocycles. The van der Waals surface area contributed by atoms with Crippen molar-refractivity contribution in [1.82, 2.24) is 0 Å². The van der Waals surface area contributed by atoms with Crippen molar-refractivity contribution in [1.29, 1.82) is 0 Å². The van der Waals surface area contributed by atoms with Crippen LogP contribution in [0.15, 0.2) is 42.5 Å². The van der Waals surface area contributed by atoms with Crippen molar-refractivity contribution in [2.24, 2.45) is 0 Å². The maximum atomic E-state index is 11.9. The number of ether oxygens (including phenoxy) is 3. The van der Waals surface area contributed by atoms with Crippen LogP contribution in [-0.2, 0) is 4.79 Å². The van der Waals surface area contributed by atoms with Gasteiger partial charge in [0.15, 0.2) is 23.0 Å². The van der Waals surface area contributed by atoms with Crippen LogP contribution < -0.4 is 19.5 Å². The van der Waals surface area contributed by atoms with Gasteiger partial charge in [0.1, 0.15) is 0 Å². The van der Waals surface area contributed by atoms with E-state index in [1.165, 1.54) is 19.3 Å². The standard InChI is InChI=1S/C17H15NO5/c1-21-14-5-2-11(8-13(14)19)3-7-17(20)18-12-4-6-15-16(9-12)23-10-22-15/h2-9,19H,10H2,1H3,(H,18,20)/b7-3+. The lowest BCUT2D eigenvalue weighted by Gasteiger charge is -2.04. The molecule has 1 aliphatic rings. The Kier molecular flexibility index (Phi) is 4.05. The third-order valence-corrected chi connectivity index (χ3v) is 3.27. The Balaban J connectivity index is 1.66. The number of nitrogens with one attached hydrogen (secondary N) is 1. The van der Waals surface area contributed by atoms with Gasteiger partial charge in [-0.25, -0.2) is 0 Å². The molecule has 0 saturated heterocycles. The van der Waals surface area contributed by atoms with E-state index < -0.39 is 0 Å². The smallest absolute Gasteiger partial charge is 0.248 e. The number of carbonyl (C=O) groups excluding carboxylic acids is 1. The summed E-state index contributed by atoms with van der Waals surface area (Å²) >= 11 is 0. The predicted molar refractivity (Wildman–Crippen MR) is 84.9 cm³/mol. The van der Waals surface area contributed by atoms with Gasteiger partial charge in [0.2, 0.25) is 12.7 Å². The van der Waals surface area contributed by atoms with Crippen molar-refractivity contribution in [2.45, 2.75) is 0 Å². The second-order valence-corrected chi connectivity index (χ2v) is 4.82. The van der Waals surface area contributed by atoms with Crippen LogP contribution in [0.5, 0.6) is 23.0 Å². The Morgan fingerprint density at radius 3 is 2.83 bits per heavy atom. The molecule has 0 radical (unpaired) electrons. The molecule has 23 heavy (non-hydrogen) atoms. The number of carbonyl (C=O) groups is 1. The molecule has 2 aromatic rings. The lowest BCUT2D eigenvalue weighted by molar-refractivity contribution is -0.111. The lowest BCUT2D eigenvalue weighted by Crippen LogP contribution is -2.07. The summed E-state index contributed by atoms with van der Waals surface area (Å²) in [6.07, 6.45) is 2.98. The largest absolute Gasteiger partial charge is 0.504 e. The van der Waals surface area contributed by atoms with Gasteiger partial charge in [-0.15, -0.1) is 0 Å². The van der Waals surface area contributed by atoms with Crippen LogP contribution in [0.4, 0.5) is 5.69 Å². The minimum atomic E-state index is -0.292. The van der Waals surface area contributed by atoms with E-state index in [1.807, 2.05) is 0 Å². The van der Waals surface area contributed by atoms with Gasteiger partial charge in [-0.2, -0.15) is 0 Å². The molecule has 0 aromatic heterocycles. The van der Waals surface area contributed by atoms with Crippen molar-refractivity contribution in [2.75, 3.05) is 19.2 Å². The Hall–Kier alpha value is -3.15. The maximum Gasteiger partial charge on any atom is 0.248 e. The number of phenols is 1. The quantitative estimate of drug-likeness (QED) is 0.849.